The molecule has 0 unspecified atom stereocenters. The molecule has 0 aromatic carbocycles. The Hall–Kier alpha value is -2.31. The summed E-state index contributed by atoms with van der Waals surface area (Å²) < 4.78 is 1.37. The van der Waals surface area contributed by atoms with Crippen molar-refractivity contribution in [1.29, 1.82) is 0 Å². The van der Waals surface area contributed by atoms with Gasteiger partial charge in [-0.2, -0.15) is 4.68 Å². The van der Waals surface area contributed by atoms with Crippen molar-refractivity contribution in [2.45, 2.75) is 13.8 Å². The molecule has 2 rings (SSSR count). The van der Waals surface area contributed by atoms with E-state index in [1.165, 1.54) is 17.1 Å². The Labute approximate surface area is 90.8 Å². The zero-order valence-electron chi connectivity index (χ0n) is 8.75. The summed E-state index contributed by atoms with van der Waals surface area (Å²) >= 11 is 0. The second-order valence-corrected chi connectivity index (χ2v) is 3.15. The highest BCUT2D eigenvalue weighted by Gasteiger charge is 2.17. The van der Waals surface area contributed by atoms with Gasteiger partial charge in [0.2, 0.25) is 0 Å². The Bertz CT molecular complexity index is 549. The number of nitrogens with zero attached hydrogens (tertiary/aromatic N) is 5. The van der Waals surface area contributed by atoms with Gasteiger partial charge in [0.05, 0.1) is 0 Å². The normalized spacial score (nSPS) is 10.4. The predicted octanol–water partition coefficient (Wildman–Crippen LogP) is 0.372. The SMILES string of the molecule is Cc1nc(C)n(-c2nccnc2C(=O)O)n1. The van der Waals surface area contributed by atoms with Gasteiger partial charge in [-0.25, -0.2) is 19.7 Å². The molecule has 7 heteroatoms. The number of aromatic carboxylic acids is 1. The lowest BCUT2D eigenvalue weighted by Gasteiger charge is -2.03. The first-order valence-electron chi connectivity index (χ1n) is 4.54. The predicted molar refractivity (Wildman–Crippen MR) is 53.4 cm³/mol. The Morgan fingerprint density at radius 1 is 1.31 bits per heavy atom. The van der Waals surface area contributed by atoms with E-state index in [0.717, 1.165) is 0 Å². The highest BCUT2D eigenvalue weighted by Crippen LogP contribution is 2.09. The van der Waals surface area contributed by atoms with Crippen LogP contribution in [-0.4, -0.2) is 35.8 Å². The Morgan fingerprint density at radius 3 is 2.56 bits per heavy atom. The van der Waals surface area contributed by atoms with Crippen molar-refractivity contribution < 1.29 is 9.90 Å². The van der Waals surface area contributed by atoms with Gasteiger partial charge in [0.1, 0.15) is 11.6 Å². The van der Waals surface area contributed by atoms with E-state index in [0.29, 0.717) is 11.6 Å². The molecule has 0 bridgehead atoms. The molecule has 2 aromatic heterocycles. The smallest absolute Gasteiger partial charge is 0.358 e. The van der Waals surface area contributed by atoms with Gasteiger partial charge in [-0.15, -0.1) is 5.10 Å². The third kappa shape index (κ3) is 1.62. The van der Waals surface area contributed by atoms with Gasteiger partial charge in [0.25, 0.3) is 0 Å². The third-order valence-corrected chi connectivity index (χ3v) is 1.96. The van der Waals surface area contributed by atoms with Gasteiger partial charge in [-0.3, -0.25) is 0 Å². The first-order valence-corrected chi connectivity index (χ1v) is 4.54. The van der Waals surface area contributed by atoms with Crippen molar-refractivity contribution in [2.75, 3.05) is 0 Å². The molecule has 1 N–H and O–H groups in total. The molecule has 16 heavy (non-hydrogen) atoms. The molecule has 0 aliphatic rings. The minimum atomic E-state index is -1.14. The number of rotatable bonds is 2. The second-order valence-electron chi connectivity index (χ2n) is 3.15. The molecule has 0 saturated heterocycles. The van der Waals surface area contributed by atoms with Crippen LogP contribution in [0.5, 0.6) is 0 Å². The number of aromatic nitrogens is 5. The summed E-state index contributed by atoms with van der Waals surface area (Å²) in [6.45, 7) is 3.45. The maximum Gasteiger partial charge on any atom is 0.358 e. The molecular weight excluding hydrogens is 210 g/mol. The minimum Gasteiger partial charge on any atom is -0.476 e. The molecule has 0 aliphatic carbocycles. The monoisotopic (exact) mass is 219 g/mol. The average Bonchev–Trinajstić information content (AvgIpc) is 2.57. The Kier molecular flexibility index (Phi) is 2.35. The molecule has 0 spiro atoms. The van der Waals surface area contributed by atoms with Crippen LogP contribution in [0.4, 0.5) is 0 Å². The number of carboxylic acids is 1. The zero-order valence-corrected chi connectivity index (χ0v) is 8.75. The lowest BCUT2D eigenvalue weighted by Crippen LogP contribution is -2.12. The molecule has 7 nitrogen and oxygen atoms in total. The number of carbonyl (C=O) groups is 1. The highest BCUT2D eigenvalue weighted by atomic mass is 16.4. The second kappa shape index (κ2) is 3.69. The molecule has 0 saturated carbocycles. The first kappa shape index (κ1) is 10.2. The fraction of sp³-hybridized carbons (Fsp3) is 0.222. The van der Waals surface area contributed by atoms with Crippen molar-refractivity contribution in [3.8, 4) is 5.82 Å². The van der Waals surface area contributed by atoms with Crippen LogP contribution in [0.25, 0.3) is 5.82 Å². The topological polar surface area (TPSA) is 93.8 Å². The third-order valence-electron chi connectivity index (χ3n) is 1.96. The molecule has 0 radical (unpaired) electrons. The fourth-order valence-electron chi connectivity index (χ4n) is 1.36. The standard InChI is InChI=1S/C9H9N5O2/c1-5-12-6(2)14(13-5)8-7(9(15)16)10-3-4-11-8/h3-4H,1-2H3,(H,15,16). The number of carboxylic acid groups (broad SMARTS) is 1. The summed E-state index contributed by atoms with van der Waals surface area (Å²) in [6.07, 6.45) is 2.74. The molecule has 0 amide bonds. The van der Waals surface area contributed by atoms with Gasteiger partial charge in [-0.1, -0.05) is 0 Å². The highest BCUT2D eigenvalue weighted by molar-refractivity contribution is 5.88. The van der Waals surface area contributed by atoms with Crippen LogP contribution >= 0.6 is 0 Å². The summed E-state index contributed by atoms with van der Waals surface area (Å²) in [5, 5.41) is 13.0. The molecule has 2 heterocycles. The van der Waals surface area contributed by atoms with Gasteiger partial charge in [0.15, 0.2) is 11.5 Å². The molecule has 2 aromatic rings. The van der Waals surface area contributed by atoms with Crippen molar-refractivity contribution >= 4 is 5.97 Å². The summed E-state index contributed by atoms with van der Waals surface area (Å²) in [4.78, 5) is 22.7. The van der Waals surface area contributed by atoms with Crippen LogP contribution in [0.1, 0.15) is 22.1 Å². The van der Waals surface area contributed by atoms with E-state index in [2.05, 4.69) is 20.1 Å². The molecule has 0 aliphatic heterocycles. The molecule has 82 valence electrons. The maximum absolute atomic E-state index is 10.9. The summed E-state index contributed by atoms with van der Waals surface area (Å²) in [5.74, 6) is 0.156. The van der Waals surface area contributed by atoms with Gasteiger partial charge in [-0.05, 0) is 13.8 Å². The quantitative estimate of drug-likeness (QED) is 0.784. The summed E-state index contributed by atoms with van der Waals surface area (Å²) in [5.41, 5.74) is -0.143. The maximum atomic E-state index is 10.9. The van der Waals surface area contributed by atoms with Gasteiger partial charge in [0, 0.05) is 12.4 Å². The van der Waals surface area contributed by atoms with Crippen LogP contribution in [0.2, 0.25) is 0 Å². The van der Waals surface area contributed by atoms with Crippen LogP contribution in [0.3, 0.4) is 0 Å². The van der Waals surface area contributed by atoms with Crippen molar-refractivity contribution in [2.24, 2.45) is 0 Å². The average molecular weight is 219 g/mol. The van der Waals surface area contributed by atoms with Crippen LogP contribution in [0.15, 0.2) is 12.4 Å². The van der Waals surface area contributed by atoms with Gasteiger partial charge < -0.3 is 5.11 Å². The lowest BCUT2D eigenvalue weighted by atomic mass is 10.4. The van der Waals surface area contributed by atoms with Crippen LogP contribution in [0, 0.1) is 13.8 Å². The van der Waals surface area contributed by atoms with E-state index in [1.54, 1.807) is 13.8 Å². The lowest BCUT2D eigenvalue weighted by molar-refractivity contribution is 0.0689. The molecule has 0 atom stereocenters. The zero-order chi connectivity index (χ0) is 11.7. The fourth-order valence-corrected chi connectivity index (χ4v) is 1.36. The van der Waals surface area contributed by atoms with E-state index in [4.69, 9.17) is 5.11 Å². The van der Waals surface area contributed by atoms with Crippen molar-refractivity contribution in [3.05, 3.63) is 29.7 Å². The van der Waals surface area contributed by atoms with E-state index in [-0.39, 0.29) is 11.5 Å². The number of hydrogen-bond acceptors (Lipinski definition) is 5. The van der Waals surface area contributed by atoms with E-state index >= 15 is 0 Å². The summed E-state index contributed by atoms with van der Waals surface area (Å²) in [7, 11) is 0. The Morgan fingerprint density at radius 2 is 2.00 bits per heavy atom. The minimum absolute atomic E-state index is 0.143. The van der Waals surface area contributed by atoms with Crippen molar-refractivity contribution in [3.63, 3.8) is 0 Å². The van der Waals surface area contributed by atoms with Gasteiger partial charge >= 0.3 is 5.97 Å². The molecule has 0 fully saturated rings. The first-order chi connectivity index (χ1) is 7.59. The number of aryl methyl sites for hydroxylation is 2. The molecular formula is C9H9N5O2. The Balaban J connectivity index is 2.64. The van der Waals surface area contributed by atoms with Crippen molar-refractivity contribution in [1.82, 2.24) is 24.7 Å². The van der Waals surface area contributed by atoms with E-state index in [9.17, 15) is 4.79 Å². The van der Waals surface area contributed by atoms with E-state index < -0.39 is 5.97 Å². The van der Waals surface area contributed by atoms with Crippen LogP contribution < -0.4 is 0 Å². The van der Waals surface area contributed by atoms with E-state index in [1.807, 2.05) is 0 Å². The summed E-state index contributed by atoms with van der Waals surface area (Å²) in [6, 6.07) is 0. The largest absolute Gasteiger partial charge is 0.476 e. The number of hydrogen-bond donors (Lipinski definition) is 1. The van der Waals surface area contributed by atoms with Crippen LogP contribution in [-0.2, 0) is 0 Å².